The smallest absolute Gasteiger partial charge is 0.271 e. The molecule has 0 fully saturated rings. The van der Waals surface area contributed by atoms with Crippen molar-refractivity contribution in [3.63, 3.8) is 0 Å². The summed E-state index contributed by atoms with van der Waals surface area (Å²) in [7, 11) is 0. The molecule has 1 N–H and O–H groups in total. The first-order valence-electron chi connectivity index (χ1n) is 6.57. The molecule has 1 rings (SSSR count). The molecule has 0 radical (unpaired) electrons. The molecule has 0 saturated carbocycles. The highest BCUT2D eigenvalue weighted by atomic mass is 35.5. The highest BCUT2D eigenvalue weighted by Crippen LogP contribution is 2.19. The molecule has 1 aromatic rings. The molecule has 0 atom stereocenters. The SMILES string of the molecule is CCC(C)(C)CNC(=O)c1nc(C(C)C)ncc1Cl. The summed E-state index contributed by atoms with van der Waals surface area (Å²) in [6.07, 6.45) is 2.48. The van der Waals surface area contributed by atoms with Gasteiger partial charge in [-0.25, -0.2) is 9.97 Å². The molecule has 0 unspecified atom stereocenters. The van der Waals surface area contributed by atoms with Crippen LogP contribution < -0.4 is 5.32 Å². The van der Waals surface area contributed by atoms with Gasteiger partial charge in [-0.05, 0) is 11.8 Å². The van der Waals surface area contributed by atoms with E-state index in [2.05, 4.69) is 36.1 Å². The summed E-state index contributed by atoms with van der Waals surface area (Å²) in [5.74, 6) is 0.552. The van der Waals surface area contributed by atoms with Gasteiger partial charge < -0.3 is 5.32 Å². The Balaban J connectivity index is 2.85. The van der Waals surface area contributed by atoms with Crippen molar-refractivity contribution < 1.29 is 4.79 Å². The summed E-state index contributed by atoms with van der Waals surface area (Å²) < 4.78 is 0. The van der Waals surface area contributed by atoms with Gasteiger partial charge in [0.15, 0.2) is 0 Å². The number of nitrogens with one attached hydrogen (secondary N) is 1. The Morgan fingerprint density at radius 2 is 2.11 bits per heavy atom. The highest BCUT2D eigenvalue weighted by Gasteiger charge is 2.19. The number of nitrogens with zero attached hydrogens (tertiary/aromatic N) is 2. The third kappa shape index (κ3) is 4.46. The lowest BCUT2D eigenvalue weighted by molar-refractivity contribution is 0.0930. The van der Waals surface area contributed by atoms with Gasteiger partial charge in [-0.3, -0.25) is 4.79 Å². The fourth-order valence-corrected chi connectivity index (χ4v) is 1.52. The van der Waals surface area contributed by atoms with Gasteiger partial charge in [-0.2, -0.15) is 0 Å². The molecule has 0 aliphatic heterocycles. The number of carbonyl (C=O) groups is 1. The number of rotatable bonds is 5. The van der Waals surface area contributed by atoms with Gasteiger partial charge in [0.2, 0.25) is 0 Å². The normalized spacial score (nSPS) is 11.7. The van der Waals surface area contributed by atoms with Crippen molar-refractivity contribution in [3.8, 4) is 0 Å². The van der Waals surface area contributed by atoms with E-state index in [1.807, 2.05) is 13.8 Å². The van der Waals surface area contributed by atoms with E-state index in [-0.39, 0.29) is 28.0 Å². The second kappa shape index (κ2) is 6.33. The first-order chi connectivity index (χ1) is 8.76. The fraction of sp³-hybridized carbons (Fsp3) is 0.643. The second-order valence-electron chi connectivity index (χ2n) is 5.78. The lowest BCUT2D eigenvalue weighted by Crippen LogP contribution is -2.34. The molecule has 19 heavy (non-hydrogen) atoms. The molecule has 0 spiro atoms. The van der Waals surface area contributed by atoms with E-state index in [1.165, 1.54) is 6.20 Å². The van der Waals surface area contributed by atoms with Crippen LogP contribution in [0.5, 0.6) is 0 Å². The minimum absolute atomic E-state index is 0.0655. The predicted octanol–water partition coefficient (Wildman–Crippen LogP) is 3.42. The summed E-state index contributed by atoms with van der Waals surface area (Å²) in [6.45, 7) is 10.9. The topological polar surface area (TPSA) is 54.9 Å². The monoisotopic (exact) mass is 283 g/mol. The zero-order valence-corrected chi connectivity index (χ0v) is 13.0. The van der Waals surface area contributed by atoms with Crippen LogP contribution >= 0.6 is 11.6 Å². The van der Waals surface area contributed by atoms with Gasteiger partial charge in [0.05, 0.1) is 11.2 Å². The summed E-state index contributed by atoms with van der Waals surface area (Å²) in [5, 5.41) is 3.17. The van der Waals surface area contributed by atoms with Gasteiger partial charge in [0.1, 0.15) is 11.5 Å². The zero-order chi connectivity index (χ0) is 14.6. The standard InChI is InChI=1S/C14H22ClN3O/c1-6-14(4,5)8-17-13(19)11-10(15)7-16-12(18-11)9(2)3/h7,9H,6,8H2,1-5H3,(H,17,19). The van der Waals surface area contributed by atoms with Crippen molar-refractivity contribution >= 4 is 17.5 Å². The van der Waals surface area contributed by atoms with E-state index < -0.39 is 0 Å². The maximum atomic E-state index is 12.1. The maximum Gasteiger partial charge on any atom is 0.271 e. The van der Waals surface area contributed by atoms with Crippen LogP contribution in [0.25, 0.3) is 0 Å². The maximum absolute atomic E-state index is 12.1. The van der Waals surface area contributed by atoms with Crippen LogP contribution in [0.15, 0.2) is 6.20 Å². The van der Waals surface area contributed by atoms with Crippen LogP contribution in [0.2, 0.25) is 5.02 Å². The Labute approximate surface area is 120 Å². The third-order valence-electron chi connectivity index (χ3n) is 3.18. The number of halogens is 1. The molecule has 0 bridgehead atoms. The van der Waals surface area contributed by atoms with Crippen LogP contribution in [0.3, 0.4) is 0 Å². The quantitative estimate of drug-likeness (QED) is 0.901. The summed E-state index contributed by atoms with van der Waals surface area (Å²) in [5.41, 5.74) is 0.322. The van der Waals surface area contributed by atoms with Gasteiger partial charge in [-0.1, -0.05) is 46.2 Å². The Kier molecular flexibility index (Phi) is 5.29. The van der Waals surface area contributed by atoms with Gasteiger partial charge in [0, 0.05) is 12.5 Å². The molecule has 0 aliphatic rings. The van der Waals surface area contributed by atoms with Gasteiger partial charge in [-0.15, -0.1) is 0 Å². The first kappa shape index (κ1) is 15.9. The number of carbonyl (C=O) groups excluding carboxylic acids is 1. The zero-order valence-electron chi connectivity index (χ0n) is 12.2. The molecule has 0 saturated heterocycles. The first-order valence-corrected chi connectivity index (χ1v) is 6.95. The average molecular weight is 284 g/mol. The van der Waals surface area contributed by atoms with Crippen molar-refractivity contribution in [3.05, 3.63) is 22.7 Å². The minimum atomic E-state index is -0.240. The van der Waals surface area contributed by atoms with E-state index in [0.717, 1.165) is 6.42 Å². The summed E-state index contributed by atoms with van der Waals surface area (Å²) >= 11 is 5.99. The number of amides is 1. The minimum Gasteiger partial charge on any atom is -0.350 e. The second-order valence-corrected chi connectivity index (χ2v) is 6.19. The molecule has 4 nitrogen and oxygen atoms in total. The Morgan fingerprint density at radius 3 is 2.63 bits per heavy atom. The molecule has 106 valence electrons. The van der Waals surface area contributed by atoms with E-state index in [4.69, 9.17) is 11.6 Å². The average Bonchev–Trinajstić information content (AvgIpc) is 2.36. The Hall–Kier alpha value is -1.16. The van der Waals surface area contributed by atoms with Crippen molar-refractivity contribution in [2.24, 2.45) is 5.41 Å². The van der Waals surface area contributed by atoms with Crippen LogP contribution in [0.1, 0.15) is 63.3 Å². The third-order valence-corrected chi connectivity index (χ3v) is 3.46. The Morgan fingerprint density at radius 1 is 1.47 bits per heavy atom. The molecular weight excluding hydrogens is 262 g/mol. The van der Waals surface area contributed by atoms with Crippen LogP contribution in [-0.2, 0) is 0 Å². The molecule has 0 aliphatic carbocycles. The largest absolute Gasteiger partial charge is 0.350 e. The lowest BCUT2D eigenvalue weighted by Gasteiger charge is -2.22. The van der Waals surface area contributed by atoms with Crippen molar-refractivity contribution in [1.82, 2.24) is 15.3 Å². The highest BCUT2D eigenvalue weighted by molar-refractivity contribution is 6.33. The van der Waals surface area contributed by atoms with Crippen LogP contribution in [0, 0.1) is 5.41 Å². The Bertz CT molecular complexity index is 458. The van der Waals surface area contributed by atoms with Crippen molar-refractivity contribution in [2.75, 3.05) is 6.54 Å². The van der Waals surface area contributed by atoms with Crippen LogP contribution in [-0.4, -0.2) is 22.4 Å². The van der Waals surface area contributed by atoms with Gasteiger partial charge in [0.25, 0.3) is 5.91 Å². The number of aromatic nitrogens is 2. The number of hydrogen-bond donors (Lipinski definition) is 1. The van der Waals surface area contributed by atoms with Crippen molar-refractivity contribution in [2.45, 2.75) is 47.0 Å². The van der Waals surface area contributed by atoms with E-state index in [0.29, 0.717) is 12.4 Å². The molecule has 1 heterocycles. The summed E-state index contributed by atoms with van der Waals surface area (Å²) in [4.78, 5) is 20.5. The van der Waals surface area contributed by atoms with Gasteiger partial charge >= 0.3 is 0 Å². The summed E-state index contributed by atoms with van der Waals surface area (Å²) in [6, 6.07) is 0. The van der Waals surface area contributed by atoms with E-state index >= 15 is 0 Å². The number of hydrogen-bond acceptors (Lipinski definition) is 3. The van der Waals surface area contributed by atoms with E-state index in [9.17, 15) is 4.79 Å². The molecule has 5 heteroatoms. The molecule has 1 aromatic heterocycles. The van der Waals surface area contributed by atoms with Crippen LogP contribution in [0.4, 0.5) is 0 Å². The molecule has 0 aromatic carbocycles. The lowest BCUT2D eigenvalue weighted by atomic mass is 9.90. The predicted molar refractivity (Wildman–Crippen MR) is 77.5 cm³/mol. The fourth-order valence-electron chi connectivity index (χ4n) is 1.35. The van der Waals surface area contributed by atoms with Crippen molar-refractivity contribution in [1.29, 1.82) is 0 Å². The molecule has 1 amide bonds. The molecular formula is C14H22ClN3O. The van der Waals surface area contributed by atoms with E-state index in [1.54, 1.807) is 0 Å².